The maximum absolute atomic E-state index is 12.1. The number of hydrogen-bond acceptors (Lipinski definition) is 4. The van der Waals surface area contributed by atoms with E-state index in [4.69, 9.17) is 10.5 Å². The molecule has 7 heteroatoms. The van der Waals surface area contributed by atoms with E-state index in [1.807, 2.05) is 0 Å². The summed E-state index contributed by atoms with van der Waals surface area (Å²) in [6.07, 6.45) is -4.87. The van der Waals surface area contributed by atoms with Gasteiger partial charge in [0.15, 0.2) is 0 Å². The van der Waals surface area contributed by atoms with Crippen molar-refractivity contribution in [3.05, 3.63) is 29.8 Å². The largest absolute Gasteiger partial charge is 0.573 e. The van der Waals surface area contributed by atoms with Crippen LogP contribution in [0.3, 0.4) is 0 Å². The second kappa shape index (κ2) is 6.42. The molecule has 0 bridgehead atoms. The van der Waals surface area contributed by atoms with Crippen molar-refractivity contribution in [1.29, 1.82) is 0 Å². The summed E-state index contributed by atoms with van der Waals surface area (Å²) in [5.74, 6) is -0.874. The molecule has 2 N–H and O–H groups in total. The summed E-state index contributed by atoms with van der Waals surface area (Å²) in [7, 11) is 0. The lowest BCUT2D eigenvalue weighted by Crippen LogP contribution is -2.19. The molecule has 1 atom stereocenters. The monoisotopic (exact) mass is 277 g/mol. The molecular weight excluding hydrogens is 263 g/mol. The first-order valence-corrected chi connectivity index (χ1v) is 5.58. The van der Waals surface area contributed by atoms with Crippen LogP contribution in [0, 0.1) is 0 Å². The molecule has 106 valence electrons. The highest BCUT2D eigenvalue weighted by atomic mass is 19.4. The van der Waals surface area contributed by atoms with E-state index in [0.717, 1.165) is 12.1 Å². The van der Waals surface area contributed by atoms with Crippen LogP contribution < -0.4 is 10.5 Å². The average molecular weight is 277 g/mol. The number of rotatable bonds is 5. The predicted molar refractivity (Wildman–Crippen MR) is 61.3 cm³/mol. The second-order valence-electron chi connectivity index (χ2n) is 3.74. The van der Waals surface area contributed by atoms with Crippen LogP contribution in [0.4, 0.5) is 13.2 Å². The molecule has 0 fully saturated rings. The fourth-order valence-electron chi connectivity index (χ4n) is 1.46. The predicted octanol–water partition coefficient (Wildman–Crippen LogP) is 2.54. The van der Waals surface area contributed by atoms with Crippen LogP contribution in [0.5, 0.6) is 5.75 Å². The minimum Gasteiger partial charge on any atom is -0.466 e. The Morgan fingerprint density at radius 3 is 2.68 bits per heavy atom. The van der Waals surface area contributed by atoms with Gasteiger partial charge in [-0.05, 0) is 24.6 Å². The van der Waals surface area contributed by atoms with E-state index in [-0.39, 0.29) is 18.8 Å². The lowest BCUT2D eigenvalue weighted by molar-refractivity contribution is -0.274. The van der Waals surface area contributed by atoms with Crippen LogP contribution in [0.2, 0.25) is 0 Å². The van der Waals surface area contributed by atoms with E-state index in [1.54, 1.807) is 6.92 Å². The number of alkyl halides is 3. The van der Waals surface area contributed by atoms with Gasteiger partial charge in [-0.2, -0.15) is 0 Å². The maximum atomic E-state index is 12.1. The van der Waals surface area contributed by atoms with Crippen LogP contribution in [0.1, 0.15) is 24.9 Å². The van der Waals surface area contributed by atoms with Crippen molar-refractivity contribution in [2.24, 2.45) is 5.73 Å². The van der Waals surface area contributed by atoms with Crippen molar-refractivity contribution in [1.82, 2.24) is 0 Å². The van der Waals surface area contributed by atoms with Gasteiger partial charge in [0.05, 0.1) is 13.0 Å². The first-order chi connectivity index (χ1) is 8.81. The van der Waals surface area contributed by atoms with Crippen molar-refractivity contribution in [2.75, 3.05) is 6.61 Å². The maximum Gasteiger partial charge on any atom is 0.573 e. The number of carbonyl (C=O) groups is 1. The molecule has 0 spiro atoms. The minimum atomic E-state index is -4.76. The molecule has 19 heavy (non-hydrogen) atoms. The Bertz CT molecular complexity index is 434. The highest BCUT2D eigenvalue weighted by Gasteiger charge is 2.31. The van der Waals surface area contributed by atoms with E-state index in [9.17, 15) is 18.0 Å². The molecule has 0 aliphatic heterocycles. The standard InChI is InChI=1S/C12H14F3NO3/c1-2-18-11(17)7-10(16)8-4-3-5-9(6-8)19-12(13,14)15/h3-6,10H,2,7,16H2,1H3/t10-/m1/s1. The summed E-state index contributed by atoms with van der Waals surface area (Å²) < 4.78 is 44.7. The van der Waals surface area contributed by atoms with E-state index >= 15 is 0 Å². The van der Waals surface area contributed by atoms with Gasteiger partial charge in [-0.25, -0.2) is 0 Å². The third-order valence-corrected chi connectivity index (χ3v) is 2.21. The van der Waals surface area contributed by atoms with Crippen molar-refractivity contribution >= 4 is 5.97 Å². The van der Waals surface area contributed by atoms with Crippen LogP contribution in [-0.2, 0) is 9.53 Å². The lowest BCUT2D eigenvalue weighted by atomic mass is 10.0. The molecule has 0 radical (unpaired) electrons. The molecular formula is C12H14F3NO3. The Balaban J connectivity index is 2.73. The third-order valence-electron chi connectivity index (χ3n) is 2.21. The third kappa shape index (κ3) is 5.60. The van der Waals surface area contributed by atoms with Gasteiger partial charge >= 0.3 is 12.3 Å². The highest BCUT2D eigenvalue weighted by molar-refractivity contribution is 5.70. The normalized spacial score (nSPS) is 12.9. The number of ether oxygens (including phenoxy) is 2. The lowest BCUT2D eigenvalue weighted by Gasteiger charge is -2.14. The smallest absolute Gasteiger partial charge is 0.466 e. The van der Waals surface area contributed by atoms with Gasteiger partial charge in [0.1, 0.15) is 5.75 Å². The Hall–Kier alpha value is -1.76. The first-order valence-electron chi connectivity index (χ1n) is 5.58. The van der Waals surface area contributed by atoms with Crippen molar-refractivity contribution in [3.8, 4) is 5.75 Å². The minimum absolute atomic E-state index is 0.108. The summed E-state index contributed by atoms with van der Waals surface area (Å²) in [6, 6.07) is 4.47. The Morgan fingerprint density at radius 1 is 1.42 bits per heavy atom. The summed E-state index contributed by atoms with van der Waals surface area (Å²) >= 11 is 0. The molecule has 1 aromatic carbocycles. The molecule has 1 aromatic rings. The highest BCUT2D eigenvalue weighted by Crippen LogP contribution is 2.25. The number of carbonyl (C=O) groups excluding carboxylic acids is 1. The van der Waals surface area contributed by atoms with Crippen LogP contribution in [-0.4, -0.2) is 18.9 Å². The van der Waals surface area contributed by atoms with E-state index < -0.39 is 18.4 Å². The Morgan fingerprint density at radius 2 is 2.11 bits per heavy atom. The van der Waals surface area contributed by atoms with Crippen molar-refractivity contribution < 1.29 is 27.4 Å². The molecule has 0 aliphatic rings. The summed E-state index contributed by atoms with van der Waals surface area (Å²) in [5, 5.41) is 0. The van der Waals surface area contributed by atoms with Gasteiger partial charge in [-0.3, -0.25) is 4.79 Å². The zero-order valence-electron chi connectivity index (χ0n) is 10.2. The van der Waals surface area contributed by atoms with E-state index in [0.29, 0.717) is 5.56 Å². The van der Waals surface area contributed by atoms with Gasteiger partial charge in [0.25, 0.3) is 0 Å². The average Bonchev–Trinajstić information content (AvgIpc) is 2.27. The molecule has 0 amide bonds. The van der Waals surface area contributed by atoms with Crippen molar-refractivity contribution in [2.45, 2.75) is 25.7 Å². The van der Waals surface area contributed by atoms with Gasteiger partial charge < -0.3 is 15.2 Å². The molecule has 4 nitrogen and oxygen atoms in total. The van der Waals surface area contributed by atoms with E-state index in [2.05, 4.69) is 4.74 Å². The van der Waals surface area contributed by atoms with Crippen molar-refractivity contribution in [3.63, 3.8) is 0 Å². The fraction of sp³-hybridized carbons (Fsp3) is 0.417. The van der Waals surface area contributed by atoms with Gasteiger partial charge in [0, 0.05) is 6.04 Å². The quantitative estimate of drug-likeness (QED) is 0.840. The number of esters is 1. The molecule has 0 heterocycles. The summed E-state index contributed by atoms with van der Waals surface area (Å²) in [5.41, 5.74) is 6.09. The second-order valence-corrected chi connectivity index (χ2v) is 3.74. The van der Waals surface area contributed by atoms with E-state index in [1.165, 1.54) is 12.1 Å². The molecule has 1 rings (SSSR count). The first kappa shape index (κ1) is 15.3. The Labute approximate surface area is 108 Å². The molecule has 0 aromatic heterocycles. The Kier molecular flexibility index (Phi) is 5.17. The fourth-order valence-corrected chi connectivity index (χ4v) is 1.46. The summed E-state index contributed by atoms with van der Waals surface area (Å²) in [4.78, 5) is 11.2. The zero-order chi connectivity index (χ0) is 14.5. The molecule has 0 saturated heterocycles. The van der Waals surface area contributed by atoms with Crippen LogP contribution in [0.25, 0.3) is 0 Å². The zero-order valence-corrected chi connectivity index (χ0v) is 10.2. The van der Waals surface area contributed by atoms with Crippen LogP contribution >= 0.6 is 0 Å². The number of halogens is 3. The molecule has 0 unspecified atom stereocenters. The van der Waals surface area contributed by atoms with Crippen LogP contribution in [0.15, 0.2) is 24.3 Å². The number of benzene rings is 1. The number of hydrogen-bond donors (Lipinski definition) is 1. The number of nitrogens with two attached hydrogens (primary N) is 1. The van der Waals surface area contributed by atoms with Gasteiger partial charge in [-0.15, -0.1) is 13.2 Å². The van der Waals surface area contributed by atoms with Gasteiger partial charge in [-0.1, -0.05) is 12.1 Å². The van der Waals surface area contributed by atoms with Gasteiger partial charge in [0.2, 0.25) is 0 Å². The SMILES string of the molecule is CCOC(=O)C[C@@H](N)c1cccc(OC(F)(F)F)c1. The molecule has 0 aliphatic carbocycles. The summed E-state index contributed by atoms with van der Waals surface area (Å²) in [6.45, 7) is 1.88. The molecule has 0 saturated carbocycles. The topological polar surface area (TPSA) is 61.5 Å².